The molecule has 2 fully saturated rings. The highest BCUT2D eigenvalue weighted by molar-refractivity contribution is 5.92. The molecule has 1 aliphatic heterocycles. The number of carboxylic acids is 1. The van der Waals surface area contributed by atoms with E-state index in [1.807, 2.05) is 0 Å². The van der Waals surface area contributed by atoms with Gasteiger partial charge >= 0.3 is 5.97 Å². The quantitative estimate of drug-likeness (QED) is 0.817. The molecule has 1 aromatic rings. The van der Waals surface area contributed by atoms with Crippen LogP contribution in [0.5, 0.6) is 0 Å². The Balaban J connectivity index is 1.43. The number of carbonyl (C=O) groups is 2. The molecule has 1 aromatic carbocycles. The molecule has 1 heterocycles. The minimum Gasteiger partial charge on any atom is -0.478 e. The van der Waals surface area contributed by atoms with E-state index in [0.717, 1.165) is 18.4 Å². The van der Waals surface area contributed by atoms with Crippen molar-refractivity contribution in [1.82, 2.24) is 10.2 Å². The van der Waals surface area contributed by atoms with Crippen molar-refractivity contribution in [3.63, 3.8) is 0 Å². The first-order chi connectivity index (χ1) is 11.1. The summed E-state index contributed by atoms with van der Waals surface area (Å²) in [5, 5.41) is 11.9. The number of aromatic carboxylic acids is 1. The monoisotopic (exact) mass is 314 g/mol. The van der Waals surface area contributed by atoms with E-state index in [-0.39, 0.29) is 17.5 Å². The highest BCUT2D eigenvalue weighted by Crippen LogP contribution is 2.28. The minimum absolute atomic E-state index is 0.0859. The first kappa shape index (κ1) is 15.7. The van der Waals surface area contributed by atoms with Gasteiger partial charge in [0.15, 0.2) is 0 Å². The normalized spacial score (nSPS) is 24.5. The number of carbonyl (C=O) groups excluding carboxylic acids is 1. The van der Waals surface area contributed by atoms with Crippen molar-refractivity contribution in [2.24, 2.45) is 0 Å². The van der Waals surface area contributed by atoms with Crippen molar-refractivity contribution in [3.8, 4) is 0 Å². The van der Waals surface area contributed by atoms with Gasteiger partial charge in [-0.1, -0.05) is 12.1 Å². The molecule has 0 bridgehead atoms. The molecule has 1 amide bonds. The molecule has 0 atom stereocenters. The highest BCUT2D eigenvalue weighted by Gasteiger charge is 2.34. The van der Waals surface area contributed by atoms with E-state index in [4.69, 9.17) is 5.11 Å². The first-order valence-electron chi connectivity index (χ1n) is 8.18. The van der Waals surface area contributed by atoms with Crippen molar-refractivity contribution in [3.05, 3.63) is 41.5 Å². The van der Waals surface area contributed by atoms with Gasteiger partial charge in [0.1, 0.15) is 0 Å². The number of likely N-dealkylation sites (tertiary alicyclic amines) is 1. The van der Waals surface area contributed by atoms with Crippen LogP contribution in [0.1, 0.15) is 41.6 Å². The lowest BCUT2D eigenvalue weighted by Gasteiger charge is -2.41. The fraction of sp³-hybridized carbons (Fsp3) is 0.444. The van der Waals surface area contributed by atoms with Crippen LogP contribution in [0.4, 0.5) is 0 Å². The fourth-order valence-corrected chi connectivity index (χ4v) is 3.27. The van der Waals surface area contributed by atoms with Crippen LogP contribution in [-0.2, 0) is 4.79 Å². The Morgan fingerprint density at radius 2 is 1.78 bits per heavy atom. The molecule has 5 heteroatoms. The molecule has 5 nitrogen and oxygen atoms in total. The molecule has 1 saturated carbocycles. The number of amides is 1. The predicted molar refractivity (Wildman–Crippen MR) is 88.2 cm³/mol. The average molecular weight is 314 g/mol. The number of rotatable bonds is 5. The van der Waals surface area contributed by atoms with Gasteiger partial charge in [0, 0.05) is 18.2 Å². The molecule has 23 heavy (non-hydrogen) atoms. The van der Waals surface area contributed by atoms with Gasteiger partial charge in [-0.25, -0.2) is 4.79 Å². The lowest BCUT2D eigenvalue weighted by atomic mass is 9.85. The van der Waals surface area contributed by atoms with Crippen LogP contribution in [0.15, 0.2) is 30.3 Å². The van der Waals surface area contributed by atoms with Crippen LogP contribution in [0.25, 0.3) is 6.08 Å². The Hall–Kier alpha value is -2.14. The molecule has 1 aliphatic carbocycles. The second kappa shape index (κ2) is 6.96. The topological polar surface area (TPSA) is 69.6 Å². The molecule has 3 rings (SSSR count). The molecule has 0 aromatic heterocycles. The summed E-state index contributed by atoms with van der Waals surface area (Å²) in [5.41, 5.74) is 1.06. The molecule has 0 spiro atoms. The van der Waals surface area contributed by atoms with Gasteiger partial charge in [-0.3, -0.25) is 4.79 Å². The number of nitrogens with one attached hydrogen (secondary N) is 1. The van der Waals surface area contributed by atoms with E-state index in [0.29, 0.717) is 6.04 Å². The van der Waals surface area contributed by atoms with Gasteiger partial charge in [0.2, 0.25) is 5.91 Å². The Labute approximate surface area is 136 Å². The van der Waals surface area contributed by atoms with Crippen LogP contribution in [0.2, 0.25) is 0 Å². The Morgan fingerprint density at radius 3 is 2.39 bits per heavy atom. The Morgan fingerprint density at radius 1 is 1.13 bits per heavy atom. The van der Waals surface area contributed by atoms with E-state index in [1.165, 1.54) is 44.1 Å². The Kier molecular flexibility index (Phi) is 4.76. The lowest BCUT2D eigenvalue weighted by Crippen LogP contribution is -2.52. The van der Waals surface area contributed by atoms with E-state index < -0.39 is 5.97 Å². The lowest BCUT2D eigenvalue weighted by molar-refractivity contribution is -0.118. The maximum absolute atomic E-state index is 11.9. The summed E-state index contributed by atoms with van der Waals surface area (Å²) < 4.78 is 0. The van der Waals surface area contributed by atoms with Gasteiger partial charge in [0.25, 0.3) is 0 Å². The maximum atomic E-state index is 11.9. The molecule has 0 radical (unpaired) electrons. The number of carboxylic acid groups (broad SMARTS) is 1. The molecule has 2 N–H and O–H groups in total. The second-order valence-electron chi connectivity index (χ2n) is 6.33. The van der Waals surface area contributed by atoms with E-state index in [9.17, 15) is 9.59 Å². The predicted octanol–water partition coefficient (Wildman–Crippen LogP) is 2.14. The summed E-state index contributed by atoms with van der Waals surface area (Å²) in [6.07, 6.45) is 7.92. The van der Waals surface area contributed by atoms with Crippen molar-refractivity contribution < 1.29 is 14.7 Å². The van der Waals surface area contributed by atoms with E-state index >= 15 is 0 Å². The number of hydrogen-bond acceptors (Lipinski definition) is 3. The standard InChI is InChI=1S/C18H22N2O3/c21-17(8-5-13-3-6-14(7-4-13)18(22)23)19-15-11-16(12-15)20-9-1-2-10-20/h3-8,15-16H,1-2,9-12H2,(H,19,21)(H,22,23)/b8-5+. The van der Waals surface area contributed by atoms with Crippen LogP contribution in [0.3, 0.4) is 0 Å². The van der Waals surface area contributed by atoms with Crippen molar-refractivity contribution in [1.29, 1.82) is 0 Å². The molecule has 0 unspecified atom stereocenters. The molecule has 1 saturated heterocycles. The van der Waals surface area contributed by atoms with Crippen molar-refractivity contribution in [2.45, 2.75) is 37.8 Å². The van der Waals surface area contributed by atoms with Crippen molar-refractivity contribution in [2.75, 3.05) is 13.1 Å². The third-order valence-electron chi connectivity index (χ3n) is 4.70. The third kappa shape index (κ3) is 3.99. The first-order valence-corrected chi connectivity index (χ1v) is 8.18. The SMILES string of the molecule is O=C(/C=C/c1ccc(C(=O)O)cc1)NC1CC(N2CCCC2)C1. The molecule has 122 valence electrons. The summed E-state index contributed by atoms with van der Waals surface area (Å²) in [4.78, 5) is 25.2. The van der Waals surface area contributed by atoms with Gasteiger partial charge < -0.3 is 15.3 Å². The second-order valence-corrected chi connectivity index (χ2v) is 6.33. The van der Waals surface area contributed by atoms with E-state index in [2.05, 4.69) is 10.2 Å². The summed E-state index contributed by atoms with van der Waals surface area (Å²) in [5.74, 6) is -1.03. The van der Waals surface area contributed by atoms with Crippen LogP contribution >= 0.6 is 0 Å². The summed E-state index contributed by atoms with van der Waals surface area (Å²) in [7, 11) is 0. The number of nitrogens with zero attached hydrogens (tertiary/aromatic N) is 1. The van der Waals surface area contributed by atoms with Crippen LogP contribution in [0, 0.1) is 0 Å². The van der Waals surface area contributed by atoms with Gasteiger partial charge in [-0.05, 0) is 62.5 Å². The smallest absolute Gasteiger partial charge is 0.335 e. The van der Waals surface area contributed by atoms with E-state index in [1.54, 1.807) is 18.2 Å². The highest BCUT2D eigenvalue weighted by atomic mass is 16.4. The van der Waals surface area contributed by atoms with Gasteiger partial charge in [0.05, 0.1) is 5.56 Å². The molecule has 2 aliphatic rings. The maximum Gasteiger partial charge on any atom is 0.335 e. The number of hydrogen-bond donors (Lipinski definition) is 2. The zero-order valence-corrected chi connectivity index (χ0v) is 13.1. The summed E-state index contributed by atoms with van der Waals surface area (Å²) in [6.45, 7) is 2.41. The zero-order chi connectivity index (χ0) is 16.2. The summed E-state index contributed by atoms with van der Waals surface area (Å²) >= 11 is 0. The zero-order valence-electron chi connectivity index (χ0n) is 13.1. The minimum atomic E-state index is -0.948. The van der Waals surface area contributed by atoms with Crippen LogP contribution < -0.4 is 5.32 Å². The van der Waals surface area contributed by atoms with Gasteiger partial charge in [-0.2, -0.15) is 0 Å². The third-order valence-corrected chi connectivity index (χ3v) is 4.70. The molecular formula is C18H22N2O3. The van der Waals surface area contributed by atoms with Gasteiger partial charge in [-0.15, -0.1) is 0 Å². The summed E-state index contributed by atoms with van der Waals surface area (Å²) in [6, 6.07) is 7.39. The number of benzene rings is 1. The molecular weight excluding hydrogens is 292 g/mol. The fourth-order valence-electron chi connectivity index (χ4n) is 3.27. The largest absolute Gasteiger partial charge is 0.478 e. The van der Waals surface area contributed by atoms with Crippen LogP contribution in [-0.4, -0.2) is 47.1 Å². The Bertz CT molecular complexity index is 597. The average Bonchev–Trinajstić information content (AvgIpc) is 3.02. The van der Waals surface area contributed by atoms with Crippen molar-refractivity contribution >= 4 is 18.0 Å².